The summed E-state index contributed by atoms with van der Waals surface area (Å²) in [5, 5.41) is 3.17. The van der Waals surface area contributed by atoms with Gasteiger partial charge in [-0.2, -0.15) is 0 Å². The summed E-state index contributed by atoms with van der Waals surface area (Å²) in [7, 11) is 0. The minimum Gasteiger partial charge on any atom is -0.352 e. The highest BCUT2D eigenvalue weighted by atomic mass is 16.1. The van der Waals surface area contributed by atoms with E-state index in [4.69, 9.17) is 5.73 Å². The van der Waals surface area contributed by atoms with Crippen molar-refractivity contribution in [2.75, 3.05) is 6.54 Å². The van der Waals surface area contributed by atoms with Crippen LogP contribution in [-0.4, -0.2) is 18.5 Å². The zero-order valence-electron chi connectivity index (χ0n) is 13.1. The van der Waals surface area contributed by atoms with Crippen molar-refractivity contribution >= 4 is 5.91 Å². The number of benzene rings is 1. The Morgan fingerprint density at radius 1 is 1.24 bits per heavy atom. The molecule has 3 N–H and O–H groups in total. The third kappa shape index (κ3) is 4.85. The minimum absolute atomic E-state index is 0.132. The van der Waals surface area contributed by atoms with Gasteiger partial charge in [0.05, 0.1) is 0 Å². The van der Waals surface area contributed by atoms with Crippen molar-refractivity contribution in [3.63, 3.8) is 0 Å². The Balaban J connectivity index is 1.84. The summed E-state index contributed by atoms with van der Waals surface area (Å²) in [5.74, 6) is 0.947. The first-order valence-electron chi connectivity index (χ1n) is 8.25. The van der Waals surface area contributed by atoms with Gasteiger partial charge in [-0.3, -0.25) is 4.79 Å². The largest absolute Gasteiger partial charge is 0.352 e. The van der Waals surface area contributed by atoms with E-state index in [2.05, 4.69) is 24.4 Å². The number of nitrogens with one attached hydrogen (secondary N) is 1. The molecule has 21 heavy (non-hydrogen) atoms. The fraction of sp³-hybridized carbons (Fsp3) is 0.611. The molecule has 3 heteroatoms. The second kappa shape index (κ2) is 8.18. The Kier molecular flexibility index (Phi) is 6.24. The Bertz CT molecular complexity index is 426. The van der Waals surface area contributed by atoms with Gasteiger partial charge in [0.25, 0.3) is 0 Å². The monoisotopic (exact) mass is 288 g/mol. The van der Waals surface area contributed by atoms with Crippen LogP contribution < -0.4 is 11.1 Å². The molecule has 3 nitrogen and oxygen atoms in total. The maximum atomic E-state index is 12.3. The first kappa shape index (κ1) is 16.0. The van der Waals surface area contributed by atoms with Crippen LogP contribution in [0, 0.1) is 5.92 Å². The van der Waals surface area contributed by atoms with Crippen molar-refractivity contribution in [3.05, 3.63) is 35.9 Å². The summed E-state index contributed by atoms with van der Waals surface area (Å²) >= 11 is 0. The van der Waals surface area contributed by atoms with Gasteiger partial charge in [0, 0.05) is 19.0 Å². The molecule has 0 radical (unpaired) electrons. The lowest BCUT2D eigenvalue weighted by Gasteiger charge is -2.30. The van der Waals surface area contributed by atoms with Gasteiger partial charge in [0.1, 0.15) is 0 Å². The molecule has 0 saturated heterocycles. The van der Waals surface area contributed by atoms with Gasteiger partial charge in [-0.1, -0.05) is 56.5 Å². The van der Waals surface area contributed by atoms with E-state index in [0.29, 0.717) is 18.9 Å². The maximum absolute atomic E-state index is 12.3. The Labute approximate surface area is 128 Å². The number of carbonyl (C=O) groups is 1. The molecule has 116 valence electrons. The molecule has 1 aromatic rings. The second-order valence-electron chi connectivity index (χ2n) is 6.32. The molecule has 0 bridgehead atoms. The van der Waals surface area contributed by atoms with Crippen LogP contribution in [0.15, 0.2) is 30.3 Å². The number of amides is 1. The standard InChI is InChI=1S/C18H28N2O/c1-14(15-8-4-2-5-9-15)12-18(21)20-17(13-19)16-10-6-3-7-11-16/h2,4-5,8-9,14,16-17H,3,6-7,10-13,19H2,1H3,(H,20,21). The van der Waals surface area contributed by atoms with Crippen molar-refractivity contribution in [1.29, 1.82) is 0 Å². The van der Waals surface area contributed by atoms with Crippen LogP contribution in [-0.2, 0) is 4.79 Å². The predicted octanol–water partition coefficient (Wildman–Crippen LogP) is 3.20. The predicted molar refractivity (Wildman–Crippen MR) is 87.0 cm³/mol. The molecule has 1 aliphatic carbocycles. The number of hydrogen-bond acceptors (Lipinski definition) is 2. The smallest absolute Gasteiger partial charge is 0.220 e. The second-order valence-corrected chi connectivity index (χ2v) is 6.32. The summed E-state index contributed by atoms with van der Waals surface area (Å²) < 4.78 is 0. The molecule has 1 amide bonds. The van der Waals surface area contributed by atoms with Crippen LogP contribution in [0.1, 0.15) is 56.9 Å². The zero-order chi connectivity index (χ0) is 15.1. The molecule has 0 heterocycles. The van der Waals surface area contributed by atoms with Crippen LogP contribution in [0.4, 0.5) is 0 Å². The van der Waals surface area contributed by atoms with Crippen molar-refractivity contribution < 1.29 is 4.79 Å². The molecule has 1 aromatic carbocycles. The highest BCUT2D eigenvalue weighted by Gasteiger charge is 2.24. The first-order valence-corrected chi connectivity index (χ1v) is 8.25. The van der Waals surface area contributed by atoms with E-state index in [0.717, 1.165) is 0 Å². The maximum Gasteiger partial charge on any atom is 0.220 e. The highest BCUT2D eigenvalue weighted by molar-refractivity contribution is 5.77. The zero-order valence-corrected chi connectivity index (χ0v) is 13.1. The summed E-state index contributed by atoms with van der Waals surface area (Å²) in [6.07, 6.45) is 6.82. The number of hydrogen-bond donors (Lipinski definition) is 2. The van der Waals surface area contributed by atoms with E-state index >= 15 is 0 Å². The molecule has 1 fully saturated rings. The molecule has 2 atom stereocenters. The molecule has 1 saturated carbocycles. The molecular weight excluding hydrogens is 260 g/mol. The SMILES string of the molecule is CC(CC(=O)NC(CN)C1CCCCC1)c1ccccc1. The molecule has 1 aliphatic rings. The Hall–Kier alpha value is -1.35. The summed E-state index contributed by atoms with van der Waals surface area (Å²) in [5.41, 5.74) is 7.10. The van der Waals surface area contributed by atoms with E-state index in [1.54, 1.807) is 0 Å². The Morgan fingerprint density at radius 2 is 1.90 bits per heavy atom. The van der Waals surface area contributed by atoms with Crippen LogP contribution in [0.5, 0.6) is 0 Å². The van der Waals surface area contributed by atoms with E-state index < -0.39 is 0 Å². The van der Waals surface area contributed by atoms with Crippen molar-refractivity contribution in [1.82, 2.24) is 5.32 Å². The van der Waals surface area contributed by atoms with Crippen molar-refractivity contribution in [2.24, 2.45) is 11.7 Å². The number of nitrogens with two attached hydrogens (primary N) is 1. The molecule has 0 aliphatic heterocycles. The van der Waals surface area contributed by atoms with Crippen LogP contribution in [0.3, 0.4) is 0 Å². The fourth-order valence-electron chi connectivity index (χ4n) is 3.35. The average Bonchev–Trinajstić information content (AvgIpc) is 2.54. The van der Waals surface area contributed by atoms with Crippen LogP contribution in [0.2, 0.25) is 0 Å². The van der Waals surface area contributed by atoms with Crippen molar-refractivity contribution in [2.45, 2.75) is 57.4 Å². The van der Waals surface area contributed by atoms with Crippen LogP contribution in [0.25, 0.3) is 0 Å². The quantitative estimate of drug-likeness (QED) is 0.844. The van der Waals surface area contributed by atoms with Crippen LogP contribution >= 0.6 is 0 Å². The van der Waals surface area contributed by atoms with Gasteiger partial charge >= 0.3 is 0 Å². The molecule has 2 unspecified atom stereocenters. The van der Waals surface area contributed by atoms with Crippen molar-refractivity contribution in [3.8, 4) is 0 Å². The molecule has 2 rings (SSSR count). The van der Waals surface area contributed by atoms with Gasteiger partial charge in [-0.15, -0.1) is 0 Å². The first-order chi connectivity index (χ1) is 10.2. The number of carbonyl (C=O) groups excluding carboxylic acids is 1. The normalized spacial score (nSPS) is 19.0. The van der Waals surface area contributed by atoms with Gasteiger partial charge in [-0.25, -0.2) is 0 Å². The van der Waals surface area contributed by atoms with E-state index in [-0.39, 0.29) is 17.9 Å². The molecule has 0 aromatic heterocycles. The van der Waals surface area contributed by atoms with E-state index in [1.165, 1.54) is 37.7 Å². The summed E-state index contributed by atoms with van der Waals surface area (Å²) in [6.45, 7) is 2.66. The molecular formula is C18H28N2O. The third-order valence-corrected chi connectivity index (χ3v) is 4.68. The third-order valence-electron chi connectivity index (χ3n) is 4.68. The highest BCUT2D eigenvalue weighted by Crippen LogP contribution is 2.26. The van der Waals surface area contributed by atoms with Gasteiger partial charge in [0.15, 0.2) is 0 Å². The van der Waals surface area contributed by atoms with Gasteiger partial charge < -0.3 is 11.1 Å². The lowest BCUT2D eigenvalue weighted by Crippen LogP contribution is -2.46. The Morgan fingerprint density at radius 3 is 2.52 bits per heavy atom. The molecule has 0 spiro atoms. The fourth-order valence-corrected chi connectivity index (χ4v) is 3.35. The van der Waals surface area contributed by atoms with E-state index in [9.17, 15) is 4.79 Å². The summed E-state index contributed by atoms with van der Waals surface area (Å²) in [4.78, 5) is 12.3. The topological polar surface area (TPSA) is 55.1 Å². The van der Waals surface area contributed by atoms with Gasteiger partial charge in [-0.05, 0) is 30.2 Å². The van der Waals surface area contributed by atoms with Gasteiger partial charge in [0.2, 0.25) is 5.91 Å². The van der Waals surface area contributed by atoms with E-state index in [1.807, 2.05) is 18.2 Å². The number of rotatable bonds is 6. The summed E-state index contributed by atoms with van der Waals surface area (Å²) in [6, 6.07) is 10.4. The lowest BCUT2D eigenvalue weighted by molar-refractivity contribution is -0.122. The minimum atomic E-state index is 0.132. The average molecular weight is 288 g/mol. The lowest BCUT2D eigenvalue weighted by atomic mass is 9.83.